The van der Waals surface area contributed by atoms with E-state index in [4.69, 9.17) is 0 Å². The Bertz CT molecular complexity index is 922. The first-order chi connectivity index (χ1) is 13.1. The van der Waals surface area contributed by atoms with Gasteiger partial charge in [0.25, 0.3) is 0 Å². The summed E-state index contributed by atoms with van der Waals surface area (Å²) in [5.41, 5.74) is 3.55. The van der Waals surface area contributed by atoms with Gasteiger partial charge in [0.1, 0.15) is 0 Å². The molecule has 0 atom stereocenters. The molecule has 138 valence electrons. The molecule has 0 saturated carbocycles. The number of amides is 3. The molecule has 0 aliphatic heterocycles. The molecule has 0 aliphatic rings. The minimum absolute atomic E-state index is 0.110. The number of urea groups is 1. The van der Waals surface area contributed by atoms with Crippen LogP contribution < -0.4 is 16.0 Å². The van der Waals surface area contributed by atoms with Crippen LogP contribution in [-0.4, -0.2) is 28.3 Å². The summed E-state index contributed by atoms with van der Waals surface area (Å²) in [5, 5.41) is 12.3. The lowest BCUT2D eigenvalue weighted by Crippen LogP contribution is -2.38. The molecule has 0 radical (unpaired) electrons. The summed E-state index contributed by atoms with van der Waals surface area (Å²) in [4.78, 5) is 23.9. The second-order valence-electron chi connectivity index (χ2n) is 6.03. The van der Waals surface area contributed by atoms with E-state index in [-0.39, 0.29) is 12.5 Å². The zero-order valence-corrected chi connectivity index (χ0v) is 15.0. The van der Waals surface area contributed by atoms with Crippen LogP contribution in [0.1, 0.15) is 11.1 Å². The number of rotatable bonds is 6. The largest absolute Gasteiger partial charge is 0.350 e. The fraction of sp³-hybridized carbons (Fsp3) is 0.150. The maximum atomic E-state index is 12.0. The van der Waals surface area contributed by atoms with Crippen LogP contribution in [0.15, 0.2) is 67.0 Å². The lowest BCUT2D eigenvalue weighted by atomic mass is 10.2. The third kappa shape index (κ3) is 5.18. The van der Waals surface area contributed by atoms with Gasteiger partial charge >= 0.3 is 6.03 Å². The van der Waals surface area contributed by atoms with Gasteiger partial charge in [-0.3, -0.25) is 4.79 Å². The van der Waals surface area contributed by atoms with Crippen molar-refractivity contribution in [2.75, 3.05) is 11.9 Å². The third-order valence-electron chi connectivity index (χ3n) is 3.90. The van der Waals surface area contributed by atoms with E-state index in [0.29, 0.717) is 12.2 Å². The van der Waals surface area contributed by atoms with Crippen LogP contribution >= 0.6 is 0 Å². The first-order valence-electron chi connectivity index (χ1n) is 8.58. The quantitative estimate of drug-likeness (QED) is 0.629. The zero-order valence-electron chi connectivity index (χ0n) is 15.0. The van der Waals surface area contributed by atoms with Gasteiger partial charge in [0.15, 0.2) is 0 Å². The number of aromatic nitrogens is 2. The Hall–Kier alpha value is -3.61. The van der Waals surface area contributed by atoms with Crippen LogP contribution in [0.25, 0.3) is 5.69 Å². The molecular weight excluding hydrogens is 342 g/mol. The molecule has 0 fully saturated rings. The maximum absolute atomic E-state index is 12.0. The molecule has 0 unspecified atom stereocenters. The van der Waals surface area contributed by atoms with Crippen molar-refractivity contribution in [1.29, 1.82) is 0 Å². The fourth-order valence-electron chi connectivity index (χ4n) is 2.61. The van der Waals surface area contributed by atoms with Gasteiger partial charge in [-0.05, 0) is 42.3 Å². The van der Waals surface area contributed by atoms with Crippen molar-refractivity contribution < 1.29 is 9.59 Å². The van der Waals surface area contributed by atoms with Crippen molar-refractivity contribution >= 4 is 17.6 Å². The van der Waals surface area contributed by atoms with Gasteiger partial charge in [-0.2, -0.15) is 5.10 Å². The number of anilines is 1. The summed E-state index contributed by atoms with van der Waals surface area (Å²) in [7, 11) is 0. The first kappa shape index (κ1) is 18.2. The van der Waals surface area contributed by atoms with Gasteiger partial charge in [-0.1, -0.05) is 30.3 Å². The van der Waals surface area contributed by atoms with E-state index in [9.17, 15) is 9.59 Å². The molecular formula is C20H21N5O2. The average molecular weight is 363 g/mol. The van der Waals surface area contributed by atoms with Gasteiger partial charge in [0.2, 0.25) is 5.91 Å². The molecule has 3 rings (SSSR count). The highest BCUT2D eigenvalue weighted by molar-refractivity contribution is 5.92. The topological polar surface area (TPSA) is 88.0 Å². The molecule has 3 amide bonds. The number of hydrogen-bond acceptors (Lipinski definition) is 3. The summed E-state index contributed by atoms with van der Waals surface area (Å²) in [6.45, 7) is 2.18. The van der Waals surface area contributed by atoms with E-state index in [2.05, 4.69) is 21.0 Å². The molecule has 0 spiro atoms. The van der Waals surface area contributed by atoms with Gasteiger partial charge in [-0.15, -0.1) is 0 Å². The van der Waals surface area contributed by atoms with Gasteiger partial charge in [0.05, 0.1) is 12.2 Å². The summed E-state index contributed by atoms with van der Waals surface area (Å²) in [5.74, 6) is -0.273. The standard InChI is InChI=1S/C20H21N5O2/c1-15-6-4-8-17(12-15)24-20(27)22-14-19(26)21-13-16-7-2-3-9-18(16)25-11-5-10-23-25/h2-12H,13-14H2,1H3,(H,21,26)(H2,22,24,27). The van der Waals surface area contributed by atoms with Gasteiger partial charge < -0.3 is 16.0 Å². The number of nitrogens with zero attached hydrogens (tertiary/aromatic N) is 2. The number of carbonyl (C=O) groups excluding carboxylic acids is 2. The Kier molecular flexibility index (Phi) is 5.84. The number of hydrogen-bond donors (Lipinski definition) is 3. The third-order valence-corrected chi connectivity index (χ3v) is 3.90. The normalized spacial score (nSPS) is 10.3. The monoisotopic (exact) mass is 363 g/mol. The van der Waals surface area contributed by atoms with Crippen LogP contribution in [0.5, 0.6) is 0 Å². The van der Waals surface area contributed by atoms with E-state index >= 15 is 0 Å². The predicted molar refractivity (Wildman–Crippen MR) is 104 cm³/mol. The average Bonchev–Trinajstić information content (AvgIpc) is 3.19. The number of aryl methyl sites for hydroxylation is 1. The van der Waals surface area contributed by atoms with Crippen molar-refractivity contribution in [3.05, 3.63) is 78.1 Å². The number of carbonyl (C=O) groups is 2. The Balaban J connectivity index is 1.48. The van der Waals surface area contributed by atoms with E-state index in [1.165, 1.54) is 0 Å². The lowest BCUT2D eigenvalue weighted by Gasteiger charge is -2.11. The molecule has 1 aromatic heterocycles. The zero-order chi connectivity index (χ0) is 19.1. The summed E-state index contributed by atoms with van der Waals surface area (Å²) in [6, 6.07) is 16.5. The molecule has 1 heterocycles. The van der Waals surface area contributed by atoms with Crippen molar-refractivity contribution in [2.24, 2.45) is 0 Å². The molecule has 0 bridgehead atoms. The number of benzene rings is 2. The molecule has 0 aliphatic carbocycles. The molecule has 3 aromatic rings. The first-order valence-corrected chi connectivity index (χ1v) is 8.58. The van der Waals surface area contributed by atoms with E-state index in [1.807, 2.05) is 61.7 Å². The molecule has 7 nitrogen and oxygen atoms in total. The number of para-hydroxylation sites is 1. The number of nitrogens with one attached hydrogen (secondary N) is 3. The van der Waals surface area contributed by atoms with Gasteiger partial charge in [0, 0.05) is 24.6 Å². The highest BCUT2D eigenvalue weighted by atomic mass is 16.2. The molecule has 7 heteroatoms. The highest BCUT2D eigenvalue weighted by Crippen LogP contribution is 2.13. The molecule has 3 N–H and O–H groups in total. The van der Waals surface area contributed by atoms with Gasteiger partial charge in [-0.25, -0.2) is 9.48 Å². The van der Waals surface area contributed by atoms with Crippen LogP contribution in [0, 0.1) is 6.92 Å². The van der Waals surface area contributed by atoms with Crippen LogP contribution in [0.3, 0.4) is 0 Å². The van der Waals surface area contributed by atoms with Crippen LogP contribution in [0.4, 0.5) is 10.5 Å². The summed E-state index contributed by atoms with van der Waals surface area (Å²) in [6.07, 6.45) is 3.55. The predicted octanol–water partition coefficient (Wildman–Crippen LogP) is 2.62. The molecule has 27 heavy (non-hydrogen) atoms. The smallest absolute Gasteiger partial charge is 0.319 e. The fourth-order valence-corrected chi connectivity index (χ4v) is 2.61. The van der Waals surface area contributed by atoms with E-state index in [0.717, 1.165) is 16.8 Å². The van der Waals surface area contributed by atoms with Crippen LogP contribution in [0.2, 0.25) is 0 Å². The van der Waals surface area contributed by atoms with Crippen molar-refractivity contribution in [3.63, 3.8) is 0 Å². The Morgan fingerprint density at radius 3 is 2.67 bits per heavy atom. The second-order valence-corrected chi connectivity index (χ2v) is 6.03. The van der Waals surface area contributed by atoms with Crippen molar-refractivity contribution in [1.82, 2.24) is 20.4 Å². The highest BCUT2D eigenvalue weighted by Gasteiger charge is 2.08. The molecule has 0 saturated heterocycles. The lowest BCUT2D eigenvalue weighted by molar-refractivity contribution is -0.120. The molecule has 2 aromatic carbocycles. The SMILES string of the molecule is Cc1cccc(NC(=O)NCC(=O)NCc2ccccc2-n2cccn2)c1. The van der Waals surface area contributed by atoms with E-state index < -0.39 is 6.03 Å². The summed E-state index contributed by atoms with van der Waals surface area (Å²) >= 11 is 0. The van der Waals surface area contributed by atoms with E-state index in [1.54, 1.807) is 16.9 Å². The minimum atomic E-state index is -0.423. The minimum Gasteiger partial charge on any atom is -0.350 e. The van der Waals surface area contributed by atoms with Crippen molar-refractivity contribution in [2.45, 2.75) is 13.5 Å². The summed E-state index contributed by atoms with van der Waals surface area (Å²) < 4.78 is 1.75. The maximum Gasteiger partial charge on any atom is 0.319 e. The van der Waals surface area contributed by atoms with Crippen LogP contribution in [-0.2, 0) is 11.3 Å². The Morgan fingerprint density at radius 2 is 1.89 bits per heavy atom. The Labute approximate surface area is 157 Å². The Morgan fingerprint density at radius 1 is 1.04 bits per heavy atom. The second kappa shape index (κ2) is 8.66. The van der Waals surface area contributed by atoms with Crippen molar-refractivity contribution in [3.8, 4) is 5.69 Å².